The predicted octanol–water partition coefficient (Wildman–Crippen LogP) is 3.23. The van der Waals surface area contributed by atoms with Crippen molar-refractivity contribution in [2.75, 3.05) is 12.2 Å². The lowest BCUT2D eigenvalue weighted by atomic mass is 10.1. The number of hydrazine groups is 2. The van der Waals surface area contributed by atoms with Crippen LogP contribution in [0.15, 0.2) is 47.5 Å². The molecular formula is C25H32FN5O3. The number of nitrogens with one attached hydrogen (secondary N) is 2. The van der Waals surface area contributed by atoms with E-state index in [9.17, 15) is 14.3 Å². The molecule has 4 rings (SSSR count). The topological polar surface area (TPSA) is 112 Å². The second-order valence-electron chi connectivity index (χ2n) is 8.82. The lowest BCUT2D eigenvalue weighted by Gasteiger charge is -2.27. The Morgan fingerprint density at radius 1 is 1.24 bits per heavy atom. The molecule has 2 saturated carbocycles. The van der Waals surface area contributed by atoms with Crippen LogP contribution in [-0.4, -0.2) is 35.9 Å². The number of aliphatic hydroxyl groups excluding tert-OH is 1. The highest BCUT2D eigenvalue weighted by molar-refractivity contribution is 5.99. The number of nitrogens with two attached hydrogens (primary N) is 1. The molecule has 0 radical (unpaired) electrons. The van der Waals surface area contributed by atoms with Crippen molar-refractivity contribution < 1.29 is 19.0 Å². The minimum absolute atomic E-state index is 0.172. The fourth-order valence-electron chi connectivity index (χ4n) is 3.68. The number of anilines is 1. The van der Waals surface area contributed by atoms with E-state index in [0.29, 0.717) is 29.3 Å². The number of benzene rings is 2. The molecule has 8 nitrogen and oxygen atoms in total. The van der Waals surface area contributed by atoms with Crippen molar-refractivity contribution >= 4 is 17.3 Å². The molecule has 2 aromatic carbocycles. The van der Waals surface area contributed by atoms with Gasteiger partial charge in [-0.15, -0.1) is 0 Å². The fraction of sp³-hybridized carbons (Fsp3) is 0.440. The van der Waals surface area contributed by atoms with E-state index in [1.165, 1.54) is 17.3 Å². The van der Waals surface area contributed by atoms with Crippen LogP contribution < -0.4 is 26.4 Å². The zero-order chi connectivity index (χ0) is 24.2. The van der Waals surface area contributed by atoms with Crippen molar-refractivity contribution in [3.8, 4) is 5.75 Å². The minimum atomic E-state index is -1.06. The molecule has 0 heterocycles. The molecular weight excluding hydrogens is 437 g/mol. The van der Waals surface area contributed by atoms with Gasteiger partial charge in [-0.05, 0) is 68.5 Å². The Labute approximate surface area is 198 Å². The van der Waals surface area contributed by atoms with Gasteiger partial charge in [0.25, 0.3) is 0 Å². The summed E-state index contributed by atoms with van der Waals surface area (Å²) in [5.74, 6) is 7.00. The van der Waals surface area contributed by atoms with E-state index in [0.717, 1.165) is 25.7 Å². The zero-order valence-corrected chi connectivity index (χ0v) is 19.5. The Morgan fingerprint density at radius 2 is 1.94 bits per heavy atom. The number of aliphatic imine (C=N–C) groups is 1. The van der Waals surface area contributed by atoms with Crippen molar-refractivity contribution in [2.45, 2.75) is 57.4 Å². The Morgan fingerprint density at radius 3 is 2.50 bits per heavy atom. The molecule has 0 aromatic heterocycles. The summed E-state index contributed by atoms with van der Waals surface area (Å²) in [5.41, 5.74) is 4.19. The molecule has 2 atom stereocenters. The lowest BCUT2D eigenvalue weighted by Crippen LogP contribution is -2.52. The third kappa shape index (κ3) is 5.91. The number of carbonyl (C=O) groups is 1. The molecule has 2 unspecified atom stereocenters. The van der Waals surface area contributed by atoms with Gasteiger partial charge in [0, 0.05) is 36.2 Å². The SMILES string of the molecule is CCC(Oc1ccc(C(=O)C2CC2)cc1)C(=NC)NN(N)c1ccc(C(O)NC2CC2)c(F)c1. The molecule has 9 heteroatoms. The highest BCUT2D eigenvalue weighted by Crippen LogP contribution is 2.33. The maximum absolute atomic E-state index is 14.6. The van der Waals surface area contributed by atoms with Gasteiger partial charge in [-0.2, -0.15) is 0 Å². The van der Waals surface area contributed by atoms with Crippen LogP contribution in [0.2, 0.25) is 0 Å². The Hall–Kier alpha value is -3.01. The van der Waals surface area contributed by atoms with E-state index in [2.05, 4.69) is 15.7 Å². The molecule has 0 spiro atoms. The molecule has 0 saturated heterocycles. The third-order valence-corrected chi connectivity index (χ3v) is 6.04. The quantitative estimate of drug-likeness (QED) is 0.0998. The zero-order valence-electron chi connectivity index (χ0n) is 19.5. The van der Waals surface area contributed by atoms with Crippen molar-refractivity contribution in [3.05, 3.63) is 59.4 Å². The molecule has 0 bridgehead atoms. The Kier molecular flexibility index (Phi) is 7.45. The van der Waals surface area contributed by atoms with Gasteiger partial charge in [0.1, 0.15) is 17.8 Å². The Bertz CT molecular complexity index is 1040. The summed E-state index contributed by atoms with van der Waals surface area (Å²) in [6.45, 7) is 1.95. The standard InChI is InChI=1S/C25H32FN5O3/c1-3-22(34-19-11-6-16(7-12-19)23(32)15-4-5-15)24(28-2)30-31(27)18-10-13-20(21(26)14-18)25(33)29-17-8-9-17/h6-7,10-15,17,22,25,29,33H,3-5,8-9,27H2,1-2H3,(H,28,30). The average Bonchev–Trinajstić information content (AvgIpc) is 3.76. The molecule has 34 heavy (non-hydrogen) atoms. The first kappa shape index (κ1) is 24.1. The second-order valence-corrected chi connectivity index (χ2v) is 8.82. The van der Waals surface area contributed by atoms with Crippen LogP contribution in [0.25, 0.3) is 0 Å². The van der Waals surface area contributed by atoms with Crippen LogP contribution in [0, 0.1) is 11.7 Å². The molecule has 0 amide bonds. The van der Waals surface area contributed by atoms with Crippen molar-refractivity contribution in [2.24, 2.45) is 16.8 Å². The number of amidine groups is 1. The summed E-state index contributed by atoms with van der Waals surface area (Å²) < 4.78 is 20.7. The average molecular weight is 470 g/mol. The van der Waals surface area contributed by atoms with Crippen LogP contribution in [0.4, 0.5) is 10.1 Å². The van der Waals surface area contributed by atoms with Crippen molar-refractivity contribution in [1.29, 1.82) is 0 Å². The van der Waals surface area contributed by atoms with Crippen LogP contribution in [0.1, 0.15) is 61.2 Å². The summed E-state index contributed by atoms with van der Waals surface area (Å²) in [6, 6.07) is 11.7. The summed E-state index contributed by atoms with van der Waals surface area (Å²) in [4.78, 5) is 16.5. The molecule has 5 N–H and O–H groups in total. The summed E-state index contributed by atoms with van der Waals surface area (Å²) in [7, 11) is 1.61. The van der Waals surface area contributed by atoms with E-state index in [1.54, 1.807) is 37.4 Å². The first-order valence-corrected chi connectivity index (χ1v) is 11.7. The van der Waals surface area contributed by atoms with Crippen LogP contribution >= 0.6 is 0 Å². The number of ketones is 1. The van der Waals surface area contributed by atoms with E-state index in [1.807, 2.05) is 6.92 Å². The number of hydrogen-bond donors (Lipinski definition) is 4. The molecule has 2 aliphatic rings. The predicted molar refractivity (Wildman–Crippen MR) is 129 cm³/mol. The van der Waals surface area contributed by atoms with Gasteiger partial charge < -0.3 is 9.84 Å². The summed E-state index contributed by atoms with van der Waals surface area (Å²) in [5, 5.41) is 14.3. The number of Topliss-reactive ketones (excluding diaryl/α,β-unsaturated/α-hetero) is 1. The number of carbonyl (C=O) groups excluding carboxylic acids is 1. The van der Waals surface area contributed by atoms with E-state index < -0.39 is 18.1 Å². The van der Waals surface area contributed by atoms with E-state index in [4.69, 9.17) is 10.6 Å². The summed E-state index contributed by atoms with van der Waals surface area (Å²) >= 11 is 0. The van der Waals surface area contributed by atoms with Gasteiger partial charge in [-0.1, -0.05) is 6.92 Å². The number of halogens is 1. The number of nitrogens with zero attached hydrogens (tertiary/aromatic N) is 2. The van der Waals surface area contributed by atoms with Crippen LogP contribution in [0.3, 0.4) is 0 Å². The maximum Gasteiger partial charge on any atom is 0.165 e. The van der Waals surface area contributed by atoms with Crippen molar-refractivity contribution in [1.82, 2.24) is 10.7 Å². The first-order valence-electron chi connectivity index (χ1n) is 11.7. The maximum atomic E-state index is 14.6. The van der Waals surface area contributed by atoms with Gasteiger partial charge in [0.15, 0.2) is 17.7 Å². The van der Waals surface area contributed by atoms with E-state index >= 15 is 0 Å². The monoisotopic (exact) mass is 469 g/mol. The normalized spacial score (nSPS) is 17.7. The van der Waals surface area contributed by atoms with Gasteiger partial charge in [-0.3, -0.25) is 20.5 Å². The van der Waals surface area contributed by atoms with Crippen LogP contribution in [-0.2, 0) is 0 Å². The van der Waals surface area contributed by atoms with Crippen LogP contribution in [0.5, 0.6) is 5.75 Å². The second kappa shape index (κ2) is 10.5. The van der Waals surface area contributed by atoms with E-state index in [-0.39, 0.29) is 23.3 Å². The fourth-order valence-corrected chi connectivity index (χ4v) is 3.68. The Balaban J connectivity index is 1.38. The number of aliphatic hydroxyl groups is 1. The third-order valence-electron chi connectivity index (χ3n) is 6.04. The minimum Gasteiger partial charge on any atom is -0.482 e. The van der Waals surface area contributed by atoms with Gasteiger partial charge >= 0.3 is 0 Å². The molecule has 2 fully saturated rings. The molecule has 182 valence electrons. The summed E-state index contributed by atoms with van der Waals surface area (Å²) in [6.07, 6.45) is 3.02. The van der Waals surface area contributed by atoms with Gasteiger partial charge in [-0.25, -0.2) is 15.4 Å². The van der Waals surface area contributed by atoms with Gasteiger partial charge in [0.2, 0.25) is 0 Å². The highest BCUT2D eigenvalue weighted by atomic mass is 19.1. The number of rotatable bonds is 11. The molecule has 0 aliphatic heterocycles. The first-order chi connectivity index (χ1) is 16.4. The molecule has 2 aromatic rings. The highest BCUT2D eigenvalue weighted by Gasteiger charge is 2.30. The number of ether oxygens (including phenoxy) is 1. The molecule has 2 aliphatic carbocycles. The lowest BCUT2D eigenvalue weighted by molar-refractivity contribution is 0.0967. The van der Waals surface area contributed by atoms with Crippen molar-refractivity contribution in [3.63, 3.8) is 0 Å². The van der Waals surface area contributed by atoms with Gasteiger partial charge in [0.05, 0.1) is 5.69 Å². The largest absolute Gasteiger partial charge is 0.482 e. The smallest absolute Gasteiger partial charge is 0.165 e. The number of hydrogen-bond acceptors (Lipinski definition) is 7.